The molecule has 0 fully saturated rings. The average Bonchev–Trinajstić information content (AvgIpc) is 2.74. The molecule has 0 aromatic heterocycles. The maximum Gasteiger partial charge on any atom is 0.271 e. The van der Waals surface area contributed by atoms with E-state index in [0.717, 1.165) is 15.6 Å². The summed E-state index contributed by atoms with van der Waals surface area (Å²) in [6.45, 7) is 7.42. The van der Waals surface area contributed by atoms with E-state index in [1.165, 1.54) is 0 Å². The van der Waals surface area contributed by atoms with Gasteiger partial charge in [-0.25, -0.2) is 5.43 Å². The molecule has 0 saturated carbocycles. The van der Waals surface area contributed by atoms with Gasteiger partial charge in [-0.15, -0.1) is 0 Å². The fraction of sp³-hybridized carbons (Fsp3) is 0.364. The number of hydrogen-bond acceptors (Lipinski definition) is 6. The molecule has 0 saturated heterocycles. The summed E-state index contributed by atoms with van der Waals surface area (Å²) in [5.41, 5.74) is 3.74. The Morgan fingerprint density at radius 3 is 2.43 bits per heavy atom. The highest BCUT2D eigenvalue weighted by molar-refractivity contribution is 14.1. The van der Waals surface area contributed by atoms with Crippen LogP contribution in [0.1, 0.15) is 43.1 Å². The van der Waals surface area contributed by atoms with Gasteiger partial charge in [-0.2, -0.15) is 5.10 Å². The molecule has 0 heterocycles. The van der Waals surface area contributed by atoms with Crippen molar-refractivity contribution in [2.45, 2.75) is 27.2 Å². The minimum absolute atomic E-state index is 0.347. The lowest BCUT2D eigenvalue weighted by Crippen LogP contribution is -2.17. The number of hydrazone groups is 1. The molecule has 8 heteroatoms. The van der Waals surface area contributed by atoms with E-state index in [0.29, 0.717) is 48.4 Å². The number of methoxy groups -OCH3 is 1. The zero-order valence-electron chi connectivity index (χ0n) is 17.7. The van der Waals surface area contributed by atoms with Crippen molar-refractivity contribution in [1.29, 1.82) is 0 Å². The van der Waals surface area contributed by atoms with Gasteiger partial charge >= 0.3 is 0 Å². The Morgan fingerprint density at radius 1 is 1.03 bits per heavy atom. The van der Waals surface area contributed by atoms with Crippen molar-refractivity contribution in [3.8, 4) is 23.0 Å². The number of nitrogens with one attached hydrogen (secondary N) is 1. The first-order valence-corrected chi connectivity index (χ1v) is 10.8. The van der Waals surface area contributed by atoms with Gasteiger partial charge in [-0.3, -0.25) is 4.79 Å². The Kier molecular flexibility index (Phi) is 9.72. The molecule has 1 amide bonds. The Hall–Kier alpha value is -2.49. The third-order valence-electron chi connectivity index (χ3n) is 3.89. The van der Waals surface area contributed by atoms with Crippen LogP contribution in [0.3, 0.4) is 0 Å². The van der Waals surface area contributed by atoms with Gasteiger partial charge < -0.3 is 18.9 Å². The normalized spacial score (nSPS) is 10.7. The van der Waals surface area contributed by atoms with Crippen LogP contribution >= 0.6 is 22.6 Å². The number of rotatable bonds is 11. The summed E-state index contributed by atoms with van der Waals surface area (Å²) in [7, 11) is 1.59. The average molecular weight is 526 g/mol. The van der Waals surface area contributed by atoms with Crippen molar-refractivity contribution < 1.29 is 23.7 Å². The van der Waals surface area contributed by atoms with Crippen LogP contribution in [0.4, 0.5) is 0 Å². The maximum atomic E-state index is 12.5. The molecule has 7 nitrogen and oxygen atoms in total. The summed E-state index contributed by atoms with van der Waals surface area (Å²) >= 11 is 2.19. The molecule has 1 N–H and O–H groups in total. The highest BCUT2D eigenvalue weighted by Crippen LogP contribution is 2.33. The summed E-state index contributed by atoms with van der Waals surface area (Å²) in [6.07, 6.45) is 2.47. The predicted molar refractivity (Wildman–Crippen MR) is 125 cm³/mol. The van der Waals surface area contributed by atoms with Gasteiger partial charge in [0, 0.05) is 5.56 Å². The molecule has 2 aromatic carbocycles. The van der Waals surface area contributed by atoms with E-state index in [-0.39, 0.29) is 5.91 Å². The number of ether oxygens (including phenoxy) is 4. The highest BCUT2D eigenvalue weighted by Gasteiger charge is 2.12. The fourth-order valence-electron chi connectivity index (χ4n) is 2.58. The molecule has 0 atom stereocenters. The summed E-state index contributed by atoms with van der Waals surface area (Å²) < 4.78 is 23.2. The second-order valence-electron chi connectivity index (χ2n) is 6.11. The molecule has 0 aliphatic carbocycles. The number of benzene rings is 2. The van der Waals surface area contributed by atoms with Crippen molar-refractivity contribution in [2.75, 3.05) is 26.9 Å². The van der Waals surface area contributed by atoms with Crippen molar-refractivity contribution in [3.05, 3.63) is 45.0 Å². The second kappa shape index (κ2) is 12.3. The van der Waals surface area contributed by atoms with Gasteiger partial charge in [0.2, 0.25) is 0 Å². The fourth-order valence-corrected chi connectivity index (χ4v) is 3.36. The lowest BCUT2D eigenvalue weighted by Gasteiger charge is -2.13. The van der Waals surface area contributed by atoms with Gasteiger partial charge in [0.05, 0.1) is 36.7 Å². The maximum absolute atomic E-state index is 12.5. The van der Waals surface area contributed by atoms with Gasteiger partial charge in [-0.05, 0) is 78.8 Å². The van der Waals surface area contributed by atoms with Gasteiger partial charge in [0.1, 0.15) is 0 Å². The molecule has 0 aliphatic rings. The largest absolute Gasteiger partial charge is 0.493 e. The molecule has 30 heavy (non-hydrogen) atoms. The van der Waals surface area contributed by atoms with E-state index in [1.807, 2.05) is 32.9 Å². The molecule has 2 rings (SSSR count). The molecule has 0 bridgehead atoms. The molecular formula is C22H27IN2O5. The Balaban J connectivity index is 2.12. The topological polar surface area (TPSA) is 78.4 Å². The highest BCUT2D eigenvalue weighted by atomic mass is 127. The molecule has 0 aliphatic heterocycles. The smallest absolute Gasteiger partial charge is 0.271 e. The first-order chi connectivity index (χ1) is 14.5. The Bertz CT molecular complexity index is 886. The quantitative estimate of drug-likeness (QED) is 0.262. The van der Waals surface area contributed by atoms with Crippen molar-refractivity contribution >= 4 is 34.7 Å². The zero-order chi connectivity index (χ0) is 21.9. The van der Waals surface area contributed by atoms with Crippen LogP contribution in [0.5, 0.6) is 23.0 Å². The van der Waals surface area contributed by atoms with Crippen molar-refractivity contribution in [1.82, 2.24) is 5.43 Å². The van der Waals surface area contributed by atoms with E-state index in [1.54, 1.807) is 31.5 Å². The number of carbonyl (C=O) groups excluding carboxylic acids is 1. The zero-order valence-corrected chi connectivity index (χ0v) is 19.8. The van der Waals surface area contributed by atoms with E-state index in [4.69, 9.17) is 18.9 Å². The summed E-state index contributed by atoms with van der Waals surface area (Å²) in [4.78, 5) is 12.5. The third kappa shape index (κ3) is 6.51. The Morgan fingerprint density at radius 2 is 1.77 bits per heavy atom. The summed E-state index contributed by atoms with van der Waals surface area (Å²) in [5, 5.41) is 4.06. The molecule has 0 spiro atoms. The molecule has 2 aromatic rings. The second-order valence-corrected chi connectivity index (χ2v) is 7.27. The van der Waals surface area contributed by atoms with Gasteiger partial charge in [0.25, 0.3) is 5.91 Å². The third-order valence-corrected chi connectivity index (χ3v) is 4.69. The first kappa shape index (κ1) is 23.8. The SMILES string of the molecule is CCCOc1c(I)cc(/C=N/NC(=O)c2ccc(OCC)c(OCC)c2)cc1OC. The van der Waals surface area contributed by atoms with Crippen molar-refractivity contribution in [2.24, 2.45) is 5.10 Å². The number of amides is 1. The van der Waals surface area contributed by atoms with E-state index >= 15 is 0 Å². The molecule has 162 valence electrons. The lowest BCUT2D eigenvalue weighted by atomic mass is 10.2. The van der Waals surface area contributed by atoms with E-state index < -0.39 is 0 Å². The van der Waals surface area contributed by atoms with Crippen LogP contribution in [0, 0.1) is 3.57 Å². The molecule has 0 radical (unpaired) electrons. The van der Waals surface area contributed by atoms with Gasteiger partial charge in [0.15, 0.2) is 23.0 Å². The van der Waals surface area contributed by atoms with Crippen LogP contribution < -0.4 is 24.4 Å². The number of nitrogens with zero attached hydrogens (tertiary/aromatic N) is 1. The van der Waals surface area contributed by atoms with Crippen LogP contribution in [0.25, 0.3) is 0 Å². The number of hydrogen-bond donors (Lipinski definition) is 1. The van der Waals surface area contributed by atoms with Crippen LogP contribution in [0.2, 0.25) is 0 Å². The predicted octanol–water partition coefficient (Wildman–Crippen LogP) is 4.65. The van der Waals surface area contributed by atoms with E-state index in [9.17, 15) is 4.79 Å². The van der Waals surface area contributed by atoms with Crippen LogP contribution in [0.15, 0.2) is 35.4 Å². The minimum atomic E-state index is -0.347. The van der Waals surface area contributed by atoms with Gasteiger partial charge in [-0.1, -0.05) is 6.92 Å². The first-order valence-electron chi connectivity index (χ1n) is 9.77. The molecular weight excluding hydrogens is 499 g/mol. The Labute approximate surface area is 190 Å². The van der Waals surface area contributed by atoms with Crippen LogP contribution in [-0.2, 0) is 0 Å². The minimum Gasteiger partial charge on any atom is -0.493 e. The standard InChI is InChI=1S/C22H27IN2O5/c1-5-10-30-21-17(23)11-15(12-20(21)27-4)14-24-25-22(26)16-8-9-18(28-6-2)19(13-16)29-7-3/h8-9,11-14H,5-7,10H2,1-4H3,(H,25,26)/b24-14+. The summed E-state index contributed by atoms with van der Waals surface area (Å²) in [6, 6.07) is 8.76. The number of halogens is 1. The summed E-state index contributed by atoms with van der Waals surface area (Å²) in [5.74, 6) is 2.11. The lowest BCUT2D eigenvalue weighted by molar-refractivity contribution is 0.0954. The van der Waals surface area contributed by atoms with E-state index in [2.05, 4.69) is 33.1 Å². The monoisotopic (exact) mass is 526 g/mol. The number of carbonyl (C=O) groups is 1. The molecule has 0 unspecified atom stereocenters. The van der Waals surface area contributed by atoms with Crippen LogP contribution in [-0.4, -0.2) is 39.1 Å². The van der Waals surface area contributed by atoms with Crippen molar-refractivity contribution in [3.63, 3.8) is 0 Å².